The molecule has 1 atom stereocenters. The van der Waals surface area contributed by atoms with Crippen LogP contribution in [0.2, 0.25) is 5.02 Å². The molecule has 27 heavy (non-hydrogen) atoms. The first-order valence-corrected chi connectivity index (χ1v) is 9.09. The van der Waals surface area contributed by atoms with Gasteiger partial charge in [0.2, 0.25) is 0 Å². The molecule has 0 spiro atoms. The van der Waals surface area contributed by atoms with Gasteiger partial charge in [-0.1, -0.05) is 23.7 Å². The zero-order chi connectivity index (χ0) is 19.1. The van der Waals surface area contributed by atoms with Crippen LogP contribution in [0.4, 0.5) is 0 Å². The molecule has 0 bridgehead atoms. The van der Waals surface area contributed by atoms with Crippen molar-refractivity contribution in [2.45, 2.75) is 13.0 Å². The van der Waals surface area contributed by atoms with E-state index in [2.05, 4.69) is 0 Å². The van der Waals surface area contributed by atoms with Crippen molar-refractivity contribution in [3.63, 3.8) is 0 Å². The van der Waals surface area contributed by atoms with Gasteiger partial charge in [-0.25, -0.2) is 0 Å². The minimum Gasteiger partial charge on any atom is -0.497 e. The molecule has 0 aliphatic carbocycles. The third kappa shape index (κ3) is 3.06. The van der Waals surface area contributed by atoms with Gasteiger partial charge in [0.05, 0.1) is 18.9 Å². The average Bonchev–Trinajstić information content (AvgIpc) is 2.78. The van der Waals surface area contributed by atoms with E-state index in [1.807, 2.05) is 55.6 Å². The number of benzene rings is 2. The highest BCUT2D eigenvalue weighted by Gasteiger charge is 2.24. The van der Waals surface area contributed by atoms with Crippen LogP contribution in [0.15, 0.2) is 64.5 Å². The molecule has 0 saturated heterocycles. The second-order valence-corrected chi connectivity index (χ2v) is 7.10. The van der Waals surface area contributed by atoms with Gasteiger partial charge in [-0.05, 0) is 48.4 Å². The van der Waals surface area contributed by atoms with E-state index < -0.39 is 0 Å². The summed E-state index contributed by atoms with van der Waals surface area (Å²) in [5.74, 6) is 0.760. The van der Waals surface area contributed by atoms with Crippen LogP contribution < -0.4 is 10.3 Å². The first kappa shape index (κ1) is 17.6. The van der Waals surface area contributed by atoms with Crippen molar-refractivity contribution in [1.82, 2.24) is 4.57 Å². The third-order valence-electron chi connectivity index (χ3n) is 4.92. The molecular formula is C22H19ClN2O2. The Balaban J connectivity index is 2.05. The fraction of sp³-hybridized carbons (Fsp3) is 0.182. The number of aryl methyl sites for hydroxylation is 1. The molecule has 4 rings (SSSR count). The summed E-state index contributed by atoms with van der Waals surface area (Å²) >= 11 is 6.07. The van der Waals surface area contributed by atoms with Crippen LogP contribution in [-0.4, -0.2) is 17.4 Å². The van der Waals surface area contributed by atoms with Crippen molar-refractivity contribution >= 4 is 17.3 Å². The van der Waals surface area contributed by atoms with Crippen LogP contribution in [0.3, 0.4) is 0 Å². The van der Waals surface area contributed by atoms with Gasteiger partial charge in [0.15, 0.2) is 0 Å². The number of halogens is 1. The van der Waals surface area contributed by atoms with Crippen LogP contribution >= 0.6 is 11.6 Å². The lowest BCUT2D eigenvalue weighted by Gasteiger charge is -2.14. The number of methoxy groups -OCH3 is 1. The number of fused-ring (bicyclic) bond motifs is 3. The first-order valence-electron chi connectivity index (χ1n) is 8.71. The molecule has 3 aromatic rings. The zero-order valence-electron chi connectivity index (χ0n) is 15.4. The number of pyridine rings is 1. The zero-order valence-corrected chi connectivity index (χ0v) is 16.1. The number of hydrogen-bond acceptors (Lipinski definition) is 3. The van der Waals surface area contributed by atoms with E-state index in [0.717, 1.165) is 39.3 Å². The van der Waals surface area contributed by atoms with Crippen LogP contribution in [-0.2, 0) is 7.05 Å². The lowest BCUT2D eigenvalue weighted by molar-refractivity contribution is 0.415. The Morgan fingerprint density at radius 2 is 1.78 bits per heavy atom. The van der Waals surface area contributed by atoms with Gasteiger partial charge >= 0.3 is 0 Å². The van der Waals surface area contributed by atoms with Gasteiger partial charge in [-0.15, -0.1) is 0 Å². The highest BCUT2D eigenvalue weighted by Crippen LogP contribution is 2.38. The van der Waals surface area contributed by atoms with Crippen LogP contribution in [0.5, 0.6) is 5.75 Å². The highest BCUT2D eigenvalue weighted by atomic mass is 35.5. The van der Waals surface area contributed by atoms with E-state index in [1.54, 1.807) is 24.8 Å². The van der Waals surface area contributed by atoms with E-state index in [9.17, 15) is 4.79 Å². The number of nitrogens with zero attached hydrogens (tertiary/aromatic N) is 2. The number of aliphatic imine (C=N–C) groups is 1. The molecule has 5 heteroatoms. The van der Waals surface area contributed by atoms with Crippen molar-refractivity contribution in [3.05, 3.63) is 86.8 Å². The second kappa shape index (κ2) is 6.71. The summed E-state index contributed by atoms with van der Waals surface area (Å²) in [4.78, 5) is 17.2. The van der Waals surface area contributed by atoms with Gasteiger partial charge in [0, 0.05) is 41.0 Å². The van der Waals surface area contributed by atoms with E-state index in [1.165, 1.54) is 0 Å². The van der Waals surface area contributed by atoms with Crippen molar-refractivity contribution in [2.24, 2.45) is 12.0 Å². The SMILES string of the molecule is COc1ccc2c(c1)C(c1ccc(Cl)cc1)=NC(C)c1cc(=O)n(C)cc1-2. The largest absolute Gasteiger partial charge is 0.497 e. The van der Waals surface area contributed by atoms with Crippen LogP contribution in [0.1, 0.15) is 29.7 Å². The summed E-state index contributed by atoms with van der Waals surface area (Å²) in [5.41, 5.74) is 5.73. The molecule has 136 valence electrons. The Labute approximate surface area is 162 Å². The topological polar surface area (TPSA) is 43.6 Å². The monoisotopic (exact) mass is 378 g/mol. The van der Waals surface area contributed by atoms with Crippen molar-refractivity contribution in [2.75, 3.05) is 7.11 Å². The smallest absolute Gasteiger partial charge is 0.250 e. The van der Waals surface area contributed by atoms with Gasteiger partial charge in [-0.3, -0.25) is 9.79 Å². The maximum atomic E-state index is 12.2. The molecule has 1 aliphatic heterocycles. The predicted octanol–water partition coefficient (Wildman–Crippen LogP) is 4.63. The van der Waals surface area contributed by atoms with Crippen molar-refractivity contribution in [3.8, 4) is 16.9 Å². The molecule has 4 nitrogen and oxygen atoms in total. The third-order valence-corrected chi connectivity index (χ3v) is 5.17. The molecule has 0 amide bonds. The molecular weight excluding hydrogens is 360 g/mol. The minimum absolute atomic E-state index is 0.0409. The van der Waals surface area contributed by atoms with E-state index in [0.29, 0.717) is 5.02 Å². The van der Waals surface area contributed by atoms with Crippen LogP contribution in [0, 0.1) is 0 Å². The quantitative estimate of drug-likeness (QED) is 0.652. The Hall–Kier alpha value is -2.85. The Morgan fingerprint density at radius 3 is 2.48 bits per heavy atom. The predicted molar refractivity (Wildman–Crippen MR) is 109 cm³/mol. The summed E-state index contributed by atoms with van der Waals surface area (Å²) in [6.45, 7) is 2.01. The number of aromatic nitrogens is 1. The highest BCUT2D eigenvalue weighted by molar-refractivity contribution is 6.30. The second-order valence-electron chi connectivity index (χ2n) is 6.66. The van der Waals surface area contributed by atoms with Gasteiger partial charge in [0.1, 0.15) is 5.75 Å². The Kier molecular flexibility index (Phi) is 4.36. The van der Waals surface area contributed by atoms with Crippen molar-refractivity contribution < 1.29 is 4.74 Å². The van der Waals surface area contributed by atoms with E-state index in [-0.39, 0.29) is 11.6 Å². The molecule has 0 radical (unpaired) electrons. The molecule has 1 aliphatic rings. The number of rotatable bonds is 2. The molecule has 0 N–H and O–H groups in total. The van der Waals surface area contributed by atoms with Gasteiger partial charge < -0.3 is 9.30 Å². The molecule has 1 unspecified atom stereocenters. The summed E-state index contributed by atoms with van der Waals surface area (Å²) in [6, 6.07) is 15.1. The fourth-order valence-electron chi connectivity index (χ4n) is 3.47. The molecule has 1 aromatic heterocycles. The first-order chi connectivity index (χ1) is 13.0. The Bertz CT molecular complexity index is 1110. The summed E-state index contributed by atoms with van der Waals surface area (Å²) in [7, 11) is 3.42. The standard InChI is InChI=1S/C22H19ClN2O2/c1-13-18-11-21(26)25(2)12-20(18)17-9-8-16(27-3)10-19(17)22(24-13)14-4-6-15(23)7-5-14/h4-13H,1-3H3. The molecule has 2 aromatic carbocycles. The minimum atomic E-state index is -0.155. The van der Waals surface area contributed by atoms with Gasteiger partial charge in [0.25, 0.3) is 5.56 Å². The van der Waals surface area contributed by atoms with E-state index >= 15 is 0 Å². The summed E-state index contributed by atoms with van der Waals surface area (Å²) in [5, 5.41) is 0.679. The fourth-order valence-corrected chi connectivity index (χ4v) is 3.59. The lowest BCUT2D eigenvalue weighted by Crippen LogP contribution is -2.17. The lowest BCUT2D eigenvalue weighted by atomic mass is 9.92. The van der Waals surface area contributed by atoms with E-state index in [4.69, 9.17) is 21.3 Å². The number of hydrogen-bond donors (Lipinski definition) is 0. The normalized spacial score (nSPS) is 15.4. The molecule has 2 heterocycles. The average molecular weight is 379 g/mol. The summed E-state index contributed by atoms with van der Waals surface area (Å²) in [6.07, 6.45) is 1.89. The number of ether oxygens (including phenoxy) is 1. The maximum absolute atomic E-state index is 12.2. The van der Waals surface area contributed by atoms with Crippen LogP contribution in [0.25, 0.3) is 11.1 Å². The van der Waals surface area contributed by atoms with Gasteiger partial charge in [-0.2, -0.15) is 0 Å². The Morgan fingerprint density at radius 1 is 1.04 bits per heavy atom. The maximum Gasteiger partial charge on any atom is 0.250 e. The molecule has 0 fully saturated rings. The van der Waals surface area contributed by atoms with Crippen molar-refractivity contribution in [1.29, 1.82) is 0 Å². The summed E-state index contributed by atoms with van der Waals surface area (Å²) < 4.78 is 7.05. The molecule has 0 saturated carbocycles.